The van der Waals surface area contributed by atoms with Gasteiger partial charge in [0.1, 0.15) is 35.1 Å². The number of alkyl carbamates (subject to hydrolysis) is 1. The van der Waals surface area contributed by atoms with Crippen LogP contribution in [-0.4, -0.2) is 411 Å². The number of amides is 1. The van der Waals surface area contributed by atoms with Crippen molar-refractivity contribution in [3.05, 3.63) is 148 Å². The Morgan fingerprint density at radius 2 is 0.657 bits per heavy atom. The number of nitrogens with two attached hydrogens (primary N) is 1. The summed E-state index contributed by atoms with van der Waals surface area (Å²) in [5, 5.41) is 33.7. The van der Waals surface area contributed by atoms with Crippen molar-refractivity contribution in [1.29, 1.82) is 0 Å². The number of methoxy groups -OCH3 is 2. The minimum absolute atomic E-state index is 0.000279. The number of nitrogens with one attached hydrogen (secondary N) is 6. The van der Waals surface area contributed by atoms with Crippen molar-refractivity contribution < 1.29 is 142 Å². The van der Waals surface area contributed by atoms with E-state index in [9.17, 15) is 19.7 Å². The molecule has 47 heteroatoms. The smallest absolute Gasteiger partial charge is 0.450 e. The van der Waals surface area contributed by atoms with Gasteiger partial charge >= 0.3 is 12.2 Å². The number of carbonyl (C=O) groups is 2. The third-order valence-electron chi connectivity index (χ3n) is 16.8. The molecule has 0 saturated carbocycles. The number of nitro groups is 1. The van der Waals surface area contributed by atoms with Crippen LogP contribution in [0.15, 0.2) is 130 Å². The fraction of sp³-hybridized carbons (Fsp3) is 0.632. The average Bonchev–Trinajstić information content (AvgIpc) is 0.829. The molecule has 7 rings (SSSR count). The fourth-order valence-corrected chi connectivity index (χ4v) is 10.3. The number of ether oxygens (including phenoxy) is 27. The van der Waals surface area contributed by atoms with Crippen molar-refractivity contribution in [2.24, 2.45) is 26.1 Å². The first-order valence-electron chi connectivity index (χ1n) is 44.5. The lowest BCUT2D eigenvalue weighted by Crippen LogP contribution is -2.36. The highest BCUT2D eigenvalue weighted by Gasteiger charge is 2.20. The van der Waals surface area contributed by atoms with Crippen molar-refractivity contribution in [2.75, 3.05) is 356 Å². The van der Waals surface area contributed by atoms with E-state index in [1.807, 2.05) is 36.4 Å². The van der Waals surface area contributed by atoms with Gasteiger partial charge in [0.05, 0.1) is 321 Å². The molecule has 0 spiro atoms. The lowest BCUT2D eigenvalue weighted by atomic mass is 10.1. The molecule has 2 aliphatic heterocycles. The Bertz CT molecular complexity index is 3750. The van der Waals surface area contributed by atoms with Gasteiger partial charge in [0, 0.05) is 70.8 Å². The zero-order valence-electron chi connectivity index (χ0n) is 77.1. The Morgan fingerprint density at radius 1 is 0.336 bits per heavy atom. The highest BCUT2D eigenvalue weighted by atomic mass is 16.7. The molecule has 2 aliphatic rings. The number of hydrazone groups is 4. The van der Waals surface area contributed by atoms with Gasteiger partial charge in [0.2, 0.25) is 0 Å². The van der Waals surface area contributed by atoms with Gasteiger partial charge in [-0.05, 0) is 73.0 Å². The van der Waals surface area contributed by atoms with Crippen molar-refractivity contribution in [1.82, 2.24) is 47.0 Å². The minimum atomic E-state index is -0.930. The molecule has 752 valence electrons. The number of nitro benzene ring substituents is 1. The maximum atomic E-state index is 12.1. The summed E-state index contributed by atoms with van der Waals surface area (Å²) in [6, 6.07) is 23.4. The van der Waals surface area contributed by atoms with Gasteiger partial charge in [-0.2, -0.15) is 20.4 Å². The largest absolute Gasteiger partial charge is 0.513 e. The number of aryl methyl sites for hydroxylation is 1. The first-order chi connectivity index (χ1) is 66.3. The molecule has 0 saturated heterocycles. The molecule has 1 amide bonds. The summed E-state index contributed by atoms with van der Waals surface area (Å²) in [6.45, 7) is 24.9. The van der Waals surface area contributed by atoms with Gasteiger partial charge in [-0.1, -0.05) is 18.2 Å². The number of hydrogen-bond acceptors (Lipinski definition) is 45. The van der Waals surface area contributed by atoms with E-state index in [0.717, 1.165) is 5.56 Å². The predicted octanol–water partition coefficient (Wildman–Crippen LogP) is 3.18. The van der Waals surface area contributed by atoms with E-state index < -0.39 is 17.2 Å². The number of amidine groups is 4. The summed E-state index contributed by atoms with van der Waals surface area (Å²) in [5.74, 6) is 1.99. The average molecular weight is 1900 g/mol. The van der Waals surface area contributed by atoms with Gasteiger partial charge < -0.3 is 144 Å². The fourth-order valence-electron chi connectivity index (χ4n) is 10.3. The maximum Gasteiger partial charge on any atom is 0.513 e. The number of hydrogen-bond donors (Lipinski definition) is 7. The molecule has 1 aromatic carbocycles. The highest BCUT2D eigenvalue weighted by molar-refractivity contribution is 6.07. The van der Waals surface area contributed by atoms with Gasteiger partial charge in [-0.25, -0.2) is 9.59 Å². The molecule has 0 unspecified atom stereocenters. The van der Waals surface area contributed by atoms with E-state index >= 15 is 0 Å². The molecule has 0 atom stereocenters. The number of aromatic nitrogens is 4. The van der Waals surface area contributed by atoms with Crippen LogP contribution in [0, 0.1) is 10.1 Å². The van der Waals surface area contributed by atoms with Crippen LogP contribution in [0.3, 0.4) is 0 Å². The van der Waals surface area contributed by atoms with Crippen LogP contribution < -0.4 is 42.8 Å². The van der Waals surface area contributed by atoms with Crippen molar-refractivity contribution in [2.45, 2.75) is 12.8 Å². The Labute approximate surface area is 782 Å². The SMILES string of the molecule is COCCOCCOCCOCCOCCOCCOCCOCCOCCOCCOCCOCCN.COCCOCCOCCOCCOCCOCCOCCOCCOCCOCCOCCOCCNC(=O)OCCCc1cccnc1C1=NNC(c2ccccn2)=NN1.O=C(OCCNc1cccnc1C1=NNC(c2ccccn2)=NN1)Oc1ccc([N+](=O)[O-])cc1. The van der Waals surface area contributed by atoms with Gasteiger partial charge in [-0.3, -0.25) is 51.8 Å². The highest BCUT2D eigenvalue weighted by Crippen LogP contribution is 2.19. The summed E-state index contributed by atoms with van der Waals surface area (Å²) >= 11 is 0. The standard InChI is InChI=1S/C41H67N7O14.C25H53NO12.C21H18N8O5/c1-50-14-15-52-18-19-54-22-23-56-26-27-58-30-31-60-34-35-61-33-32-59-29-28-57-25-24-55-21-20-53-17-16-51-13-11-44-41(49)62-12-5-7-36-6-4-10-43-38(36)40-47-45-39(46-48-40)37-8-2-3-9-42-37;1-27-4-5-29-8-9-31-12-13-33-16-17-35-20-21-37-24-25-38-23-22-36-19-18-34-15-14-32-11-10-30-7-6-28-3-2-26;30-21(34-15-8-6-14(7-9-15)29(31)32)33-13-12-23-16-5-3-11-24-18(16)20-27-25-19(26-28-20)17-4-1-2-10-22-17/h2-4,6,8-10H,5,7,11-35H2,1H3,(H,44,49)(H,45,46)(H,47,48);2-26H2,1H3;1-11,23H,12-13H2,(H,25,26)(H,27,28). The number of carbonyl (C=O) groups excluding carboxylic acids is 2. The number of non-ortho nitro benzene ring substituents is 1. The van der Waals surface area contributed by atoms with E-state index in [2.05, 4.69) is 72.7 Å². The topological polar surface area (TPSA) is 526 Å². The Balaban J connectivity index is 0.000000378. The lowest BCUT2D eigenvalue weighted by molar-refractivity contribution is -0.384. The normalized spacial score (nSPS) is 12.1. The Morgan fingerprint density at radius 3 is 0.993 bits per heavy atom. The second-order valence-electron chi connectivity index (χ2n) is 26.9. The first kappa shape index (κ1) is 115. The molecule has 0 radical (unpaired) electrons. The van der Waals surface area contributed by atoms with Gasteiger partial charge in [0.25, 0.3) is 5.69 Å². The lowest BCUT2D eigenvalue weighted by Gasteiger charge is -2.16. The van der Waals surface area contributed by atoms with E-state index in [0.29, 0.717) is 382 Å². The molecule has 5 aromatic rings. The van der Waals surface area contributed by atoms with E-state index in [1.165, 1.54) is 24.3 Å². The second-order valence-corrected chi connectivity index (χ2v) is 26.9. The van der Waals surface area contributed by atoms with Crippen LogP contribution in [0.2, 0.25) is 0 Å². The summed E-state index contributed by atoms with van der Waals surface area (Å²) in [7, 11) is 3.29. The number of nitrogens with zero attached hydrogens (tertiary/aromatic N) is 9. The van der Waals surface area contributed by atoms with Crippen molar-refractivity contribution >= 4 is 47.0 Å². The zero-order valence-corrected chi connectivity index (χ0v) is 77.1. The molecule has 134 heavy (non-hydrogen) atoms. The van der Waals surface area contributed by atoms with Crippen LogP contribution in [0.25, 0.3) is 0 Å². The molecular weight excluding hydrogens is 1770 g/mol. The third kappa shape index (κ3) is 62.9. The monoisotopic (exact) mass is 1900 g/mol. The molecule has 0 bridgehead atoms. The molecule has 47 nitrogen and oxygen atoms in total. The summed E-state index contributed by atoms with van der Waals surface area (Å²) in [5.41, 5.74) is 20.8. The van der Waals surface area contributed by atoms with E-state index in [4.69, 9.17) is 134 Å². The summed E-state index contributed by atoms with van der Waals surface area (Å²) in [4.78, 5) is 51.3. The second kappa shape index (κ2) is 85.1. The molecule has 0 aliphatic carbocycles. The number of anilines is 1. The Kier molecular flexibility index (Phi) is 73.0. The molecular formula is C87H138N16O31. The van der Waals surface area contributed by atoms with Crippen LogP contribution >= 0.6 is 0 Å². The maximum absolute atomic E-state index is 12.1. The van der Waals surface area contributed by atoms with Gasteiger partial charge in [0.15, 0.2) is 23.3 Å². The van der Waals surface area contributed by atoms with E-state index in [1.54, 1.807) is 63.3 Å². The summed E-state index contributed by atoms with van der Waals surface area (Å²) < 4.78 is 145. The van der Waals surface area contributed by atoms with Crippen LogP contribution in [-0.2, 0) is 130 Å². The molecule has 0 fully saturated rings. The van der Waals surface area contributed by atoms with Crippen molar-refractivity contribution in [3.63, 3.8) is 0 Å². The number of benzene rings is 1. The van der Waals surface area contributed by atoms with Crippen LogP contribution in [0.1, 0.15) is 34.8 Å². The molecule has 4 aromatic heterocycles. The summed E-state index contributed by atoms with van der Waals surface area (Å²) in [6.07, 6.45) is 6.45. The van der Waals surface area contributed by atoms with Crippen LogP contribution in [0.4, 0.5) is 21.0 Å². The van der Waals surface area contributed by atoms with Gasteiger partial charge in [-0.15, -0.1) is 0 Å². The van der Waals surface area contributed by atoms with Crippen molar-refractivity contribution in [3.8, 4) is 5.75 Å². The third-order valence-corrected chi connectivity index (χ3v) is 16.8. The Hall–Kier alpha value is -9.56. The zero-order chi connectivity index (χ0) is 94.9. The molecule has 6 heterocycles. The predicted molar refractivity (Wildman–Crippen MR) is 488 cm³/mol. The number of pyridine rings is 4. The molecule has 8 N–H and O–H groups in total. The van der Waals surface area contributed by atoms with Crippen LogP contribution in [0.5, 0.6) is 5.75 Å². The number of rotatable bonds is 85. The first-order valence-corrected chi connectivity index (χ1v) is 44.5. The quantitative estimate of drug-likeness (QED) is 0.00966. The minimum Gasteiger partial charge on any atom is -0.450 e. The van der Waals surface area contributed by atoms with E-state index in [-0.39, 0.29) is 31.2 Å².